The van der Waals surface area contributed by atoms with Crippen LogP contribution in [0.4, 0.5) is 11.4 Å². The molecule has 28 heavy (non-hydrogen) atoms. The van der Waals surface area contributed by atoms with Crippen LogP contribution in [-0.4, -0.2) is 21.3 Å². The number of anilines is 1. The van der Waals surface area contributed by atoms with Gasteiger partial charge in [-0.1, -0.05) is 55.2 Å². The predicted octanol–water partition coefficient (Wildman–Crippen LogP) is 5.18. The molecule has 0 saturated carbocycles. The van der Waals surface area contributed by atoms with E-state index in [9.17, 15) is 14.9 Å². The van der Waals surface area contributed by atoms with Crippen molar-refractivity contribution in [1.82, 2.24) is 0 Å². The highest BCUT2D eigenvalue weighted by Gasteiger charge is 2.34. The molecule has 1 atom stereocenters. The summed E-state index contributed by atoms with van der Waals surface area (Å²) >= 11 is 6.51. The zero-order valence-electron chi connectivity index (χ0n) is 15.3. The number of amides is 1. The van der Waals surface area contributed by atoms with E-state index >= 15 is 0 Å². The number of para-hydroxylation sites is 1. The van der Waals surface area contributed by atoms with Crippen LogP contribution in [0.1, 0.15) is 25.8 Å². The highest BCUT2D eigenvalue weighted by atomic mass is 32.2. The Kier molecular flexibility index (Phi) is 6.11. The topological polar surface area (TPSA) is 72.7 Å². The minimum atomic E-state index is -0.501. The fraction of sp³-hybridized carbons (Fsp3) is 0.200. The number of benzene rings is 2. The van der Waals surface area contributed by atoms with Crippen LogP contribution in [0, 0.1) is 10.1 Å². The molecular formula is C20H18N2O4S2. The Morgan fingerprint density at radius 3 is 2.75 bits per heavy atom. The maximum atomic E-state index is 12.9. The third-order valence-corrected chi connectivity index (χ3v) is 5.50. The molecule has 1 amide bonds. The van der Waals surface area contributed by atoms with Crippen LogP contribution in [0.2, 0.25) is 0 Å². The molecule has 6 nitrogen and oxygen atoms in total. The SMILES string of the molecule is CC[C@@H](C)Oc1ccccc1/C=C1\SC(=S)N(c2cccc([N+](=O)[O-])c2)C1=O. The van der Waals surface area contributed by atoms with Gasteiger partial charge in [-0.15, -0.1) is 0 Å². The lowest BCUT2D eigenvalue weighted by Gasteiger charge is -2.15. The Bertz CT molecular complexity index is 974. The lowest BCUT2D eigenvalue weighted by Crippen LogP contribution is -2.27. The van der Waals surface area contributed by atoms with Crippen LogP contribution in [0.25, 0.3) is 6.08 Å². The highest BCUT2D eigenvalue weighted by molar-refractivity contribution is 8.27. The molecule has 0 radical (unpaired) electrons. The average molecular weight is 415 g/mol. The summed E-state index contributed by atoms with van der Waals surface area (Å²) in [5, 5.41) is 11.0. The van der Waals surface area contributed by atoms with E-state index < -0.39 is 4.92 Å². The third kappa shape index (κ3) is 4.23. The number of rotatable bonds is 6. The molecule has 1 aliphatic heterocycles. The van der Waals surface area contributed by atoms with E-state index in [1.54, 1.807) is 12.1 Å². The van der Waals surface area contributed by atoms with Crippen molar-refractivity contribution in [2.45, 2.75) is 26.4 Å². The fourth-order valence-electron chi connectivity index (χ4n) is 2.58. The summed E-state index contributed by atoms with van der Waals surface area (Å²) < 4.78 is 6.26. The number of carbonyl (C=O) groups is 1. The molecule has 1 heterocycles. The first-order valence-corrected chi connectivity index (χ1v) is 9.91. The van der Waals surface area contributed by atoms with Gasteiger partial charge >= 0.3 is 0 Å². The van der Waals surface area contributed by atoms with Gasteiger partial charge < -0.3 is 4.74 Å². The Balaban J connectivity index is 1.92. The molecule has 3 rings (SSSR count). The van der Waals surface area contributed by atoms with E-state index in [2.05, 4.69) is 0 Å². The molecule has 0 unspecified atom stereocenters. The summed E-state index contributed by atoms with van der Waals surface area (Å²) in [5.41, 5.74) is 1.06. The number of carbonyl (C=O) groups excluding carboxylic acids is 1. The smallest absolute Gasteiger partial charge is 0.271 e. The Labute approximate surface area is 172 Å². The molecule has 0 N–H and O–H groups in total. The first-order valence-electron chi connectivity index (χ1n) is 8.68. The molecular weight excluding hydrogens is 396 g/mol. The number of thiocarbonyl (C=S) groups is 1. The van der Waals surface area contributed by atoms with Gasteiger partial charge in [0.15, 0.2) is 4.32 Å². The van der Waals surface area contributed by atoms with E-state index in [1.165, 1.54) is 23.1 Å². The summed E-state index contributed by atoms with van der Waals surface area (Å²) in [4.78, 5) is 25.2. The van der Waals surface area contributed by atoms with Crippen molar-refractivity contribution in [1.29, 1.82) is 0 Å². The number of ether oxygens (including phenoxy) is 1. The number of non-ortho nitro benzene ring substituents is 1. The van der Waals surface area contributed by atoms with Crippen molar-refractivity contribution < 1.29 is 14.5 Å². The lowest BCUT2D eigenvalue weighted by atomic mass is 10.1. The number of hydrogen-bond donors (Lipinski definition) is 0. The van der Waals surface area contributed by atoms with Gasteiger partial charge in [0.1, 0.15) is 5.75 Å². The molecule has 2 aromatic rings. The summed E-state index contributed by atoms with van der Waals surface area (Å²) in [7, 11) is 0. The van der Waals surface area contributed by atoms with Crippen LogP contribution in [0.3, 0.4) is 0 Å². The zero-order valence-corrected chi connectivity index (χ0v) is 17.0. The molecule has 1 aliphatic rings. The quantitative estimate of drug-likeness (QED) is 0.281. The average Bonchev–Trinajstić information content (AvgIpc) is 2.96. The highest BCUT2D eigenvalue weighted by Crippen LogP contribution is 2.38. The van der Waals surface area contributed by atoms with Crippen LogP contribution >= 0.6 is 24.0 Å². The summed E-state index contributed by atoms with van der Waals surface area (Å²) in [6.45, 7) is 4.02. The Morgan fingerprint density at radius 1 is 1.29 bits per heavy atom. The maximum absolute atomic E-state index is 12.9. The number of nitro benzene ring substituents is 1. The lowest BCUT2D eigenvalue weighted by molar-refractivity contribution is -0.384. The Hall–Kier alpha value is -2.71. The molecule has 0 spiro atoms. The second-order valence-electron chi connectivity index (χ2n) is 6.17. The van der Waals surface area contributed by atoms with Crippen molar-refractivity contribution in [2.24, 2.45) is 0 Å². The minimum absolute atomic E-state index is 0.0499. The largest absolute Gasteiger partial charge is 0.490 e. The first-order chi connectivity index (χ1) is 13.4. The molecule has 0 aromatic heterocycles. The number of hydrogen-bond acceptors (Lipinski definition) is 6. The molecule has 1 fully saturated rings. The Morgan fingerprint density at radius 2 is 2.04 bits per heavy atom. The van der Waals surface area contributed by atoms with Crippen LogP contribution < -0.4 is 9.64 Å². The van der Waals surface area contributed by atoms with Crippen LogP contribution in [0.5, 0.6) is 5.75 Å². The van der Waals surface area contributed by atoms with Crippen LogP contribution in [-0.2, 0) is 4.79 Å². The maximum Gasteiger partial charge on any atom is 0.271 e. The molecule has 0 bridgehead atoms. The second-order valence-corrected chi connectivity index (χ2v) is 7.84. The van der Waals surface area contributed by atoms with Crippen molar-refractivity contribution >= 4 is 51.7 Å². The van der Waals surface area contributed by atoms with Gasteiger partial charge in [-0.25, -0.2) is 0 Å². The molecule has 0 aliphatic carbocycles. The standard InChI is InChI=1S/C20H18N2O4S2/c1-3-13(2)26-17-10-5-4-7-14(17)11-18-19(23)21(20(27)28-18)15-8-6-9-16(12-15)22(24)25/h4-13H,3H2,1-2H3/b18-11-/t13-/m1/s1. The van der Waals surface area contributed by atoms with Crippen molar-refractivity contribution in [3.63, 3.8) is 0 Å². The van der Waals surface area contributed by atoms with Gasteiger partial charge in [-0.2, -0.15) is 0 Å². The van der Waals surface area contributed by atoms with Gasteiger partial charge in [0.25, 0.3) is 11.6 Å². The summed E-state index contributed by atoms with van der Waals surface area (Å²) in [6, 6.07) is 13.4. The molecule has 144 valence electrons. The summed E-state index contributed by atoms with van der Waals surface area (Å²) in [5.74, 6) is 0.381. The van der Waals surface area contributed by atoms with Crippen molar-refractivity contribution in [3.05, 3.63) is 69.1 Å². The van der Waals surface area contributed by atoms with E-state index in [1.807, 2.05) is 38.1 Å². The van der Waals surface area contributed by atoms with Gasteiger partial charge in [-0.05, 0) is 31.6 Å². The molecule has 8 heteroatoms. The van der Waals surface area contributed by atoms with Crippen LogP contribution in [0.15, 0.2) is 53.4 Å². The van der Waals surface area contributed by atoms with Gasteiger partial charge in [-0.3, -0.25) is 19.8 Å². The number of thioether (sulfide) groups is 1. The third-order valence-electron chi connectivity index (χ3n) is 4.20. The van der Waals surface area contributed by atoms with Gasteiger partial charge in [0.2, 0.25) is 0 Å². The van der Waals surface area contributed by atoms with E-state index in [4.69, 9.17) is 17.0 Å². The molecule has 1 saturated heterocycles. The van der Waals surface area contributed by atoms with Gasteiger partial charge in [0, 0.05) is 17.7 Å². The van der Waals surface area contributed by atoms with E-state index in [0.717, 1.165) is 23.7 Å². The number of nitro groups is 1. The monoisotopic (exact) mass is 414 g/mol. The minimum Gasteiger partial charge on any atom is -0.490 e. The fourth-order valence-corrected chi connectivity index (χ4v) is 3.87. The summed E-state index contributed by atoms with van der Waals surface area (Å²) in [6.07, 6.45) is 2.66. The normalized spacial score (nSPS) is 16.5. The second kappa shape index (κ2) is 8.53. The number of nitrogens with zero attached hydrogens (tertiary/aromatic N) is 2. The van der Waals surface area contributed by atoms with Crippen molar-refractivity contribution in [2.75, 3.05) is 4.90 Å². The van der Waals surface area contributed by atoms with Gasteiger partial charge in [0.05, 0.1) is 21.6 Å². The van der Waals surface area contributed by atoms with E-state index in [-0.39, 0.29) is 17.7 Å². The van der Waals surface area contributed by atoms with E-state index in [0.29, 0.717) is 20.7 Å². The first kappa shape index (κ1) is 20.0. The molecule has 2 aromatic carbocycles. The predicted molar refractivity (Wildman–Crippen MR) is 116 cm³/mol. The zero-order chi connectivity index (χ0) is 20.3. The van der Waals surface area contributed by atoms with Crippen molar-refractivity contribution in [3.8, 4) is 5.75 Å².